The average Bonchev–Trinajstić information content (AvgIpc) is 3.23. The zero-order valence-electron chi connectivity index (χ0n) is 12.0. The number of halogens is 4. The van der Waals surface area contributed by atoms with Crippen LogP contribution in [-0.2, 0) is 21.2 Å². The van der Waals surface area contributed by atoms with E-state index in [2.05, 4.69) is 5.32 Å². The van der Waals surface area contributed by atoms with Crippen LogP contribution >= 0.6 is 0 Å². The number of carbonyl (C=O) groups excluding carboxylic acids is 1. The smallest absolute Gasteiger partial charge is 0.416 e. The standard InChI is InChI=1S/C15H15F4NO3/c16-11-7-9(6-10(8-11)15(17,18)19)14(3-4-14)13(23)20-5-1-2-12(21)22/h6-8H,1-5H2,(H,20,23)(H,21,22). The first-order valence-corrected chi connectivity index (χ1v) is 7.03. The molecular weight excluding hydrogens is 318 g/mol. The van der Waals surface area contributed by atoms with Gasteiger partial charge in [-0.15, -0.1) is 0 Å². The van der Waals surface area contributed by atoms with Gasteiger partial charge in [-0.05, 0) is 43.0 Å². The van der Waals surface area contributed by atoms with Crippen LogP contribution in [-0.4, -0.2) is 23.5 Å². The Morgan fingerprint density at radius 2 is 1.87 bits per heavy atom. The van der Waals surface area contributed by atoms with Crippen molar-refractivity contribution in [3.8, 4) is 0 Å². The molecule has 2 N–H and O–H groups in total. The molecule has 1 aromatic carbocycles. The first-order valence-electron chi connectivity index (χ1n) is 7.03. The van der Waals surface area contributed by atoms with Gasteiger partial charge in [0.05, 0.1) is 11.0 Å². The van der Waals surface area contributed by atoms with Gasteiger partial charge in [-0.1, -0.05) is 0 Å². The van der Waals surface area contributed by atoms with Crippen molar-refractivity contribution in [3.63, 3.8) is 0 Å². The van der Waals surface area contributed by atoms with Gasteiger partial charge in [-0.2, -0.15) is 13.2 Å². The van der Waals surface area contributed by atoms with Gasteiger partial charge >= 0.3 is 12.1 Å². The minimum Gasteiger partial charge on any atom is -0.481 e. The molecule has 0 bridgehead atoms. The van der Waals surface area contributed by atoms with Crippen LogP contribution < -0.4 is 5.32 Å². The van der Waals surface area contributed by atoms with Crippen LogP contribution in [0.15, 0.2) is 18.2 Å². The predicted molar refractivity (Wildman–Crippen MR) is 72.2 cm³/mol. The Morgan fingerprint density at radius 1 is 1.22 bits per heavy atom. The lowest BCUT2D eigenvalue weighted by Crippen LogP contribution is -2.35. The molecule has 8 heteroatoms. The zero-order valence-corrected chi connectivity index (χ0v) is 12.0. The van der Waals surface area contributed by atoms with Gasteiger partial charge in [0.15, 0.2) is 0 Å². The highest BCUT2D eigenvalue weighted by Gasteiger charge is 2.52. The molecule has 4 nitrogen and oxygen atoms in total. The summed E-state index contributed by atoms with van der Waals surface area (Å²) in [5, 5.41) is 11.0. The molecule has 1 amide bonds. The number of nitrogens with one attached hydrogen (secondary N) is 1. The third-order valence-corrected chi connectivity index (χ3v) is 3.82. The molecule has 1 aliphatic rings. The summed E-state index contributed by atoms with van der Waals surface area (Å²) in [5.74, 6) is -2.54. The summed E-state index contributed by atoms with van der Waals surface area (Å²) in [6.45, 7) is 0.105. The molecule has 1 aromatic rings. The maximum absolute atomic E-state index is 13.5. The van der Waals surface area contributed by atoms with Crippen molar-refractivity contribution in [2.45, 2.75) is 37.3 Å². The number of aliphatic carboxylic acids is 1. The highest BCUT2D eigenvalue weighted by molar-refractivity contribution is 5.91. The summed E-state index contributed by atoms with van der Waals surface area (Å²) < 4.78 is 51.8. The Hall–Kier alpha value is -2.12. The summed E-state index contributed by atoms with van der Waals surface area (Å²) in [6, 6.07) is 2.14. The molecule has 1 fully saturated rings. The fraction of sp³-hybridized carbons (Fsp3) is 0.467. The molecule has 1 saturated carbocycles. The molecule has 2 rings (SSSR count). The zero-order chi connectivity index (χ0) is 17.3. The Morgan fingerprint density at radius 3 is 2.39 bits per heavy atom. The number of amides is 1. The van der Waals surface area contributed by atoms with Crippen LogP contribution in [0.4, 0.5) is 17.6 Å². The molecule has 0 heterocycles. The van der Waals surface area contributed by atoms with Gasteiger partial charge in [-0.25, -0.2) is 4.39 Å². The topological polar surface area (TPSA) is 66.4 Å². The molecule has 0 spiro atoms. The number of benzene rings is 1. The van der Waals surface area contributed by atoms with E-state index in [0.29, 0.717) is 18.9 Å². The molecular formula is C15H15F4NO3. The predicted octanol–water partition coefficient (Wildman–Crippen LogP) is 2.86. The molecule has 0 atom stereocenters. The SMILES string of the molecule is O=C(O)CCCNC(=O)C1(c2cc(F)cc(C(F)(F)F)c2)CC1. The van der Waals surface area contributed by atoms with Crippen molar-refractivity contribution in [2.75, 3.05) is 6.54 Å². The van der Waals surface area contributed by atoms with Crippen molar-refractivity contribution in [2.24, 2.45) is 0 Å². The van der Waals surface area contributed by atoms with Crippen molar-refractivity contribution >= 4 is 11.9 Å². The second-order valence-electron chi connectivity index (χ2n) is 5.56. The van der Waals surface area contributed by atoms with Crippen molar-refractivity contribution in [1.82, 2.24) is 5.32 Å². The van der Waals surface area contributed by atoms with Crippen LogP contribution in [0.2, 0.25) is 0 Å². The maximum Gasteiger partial charge on any atom is 0.416 e. The summed E-state index contributed by atoms with van der Waals surface area (Å²) in [5.41, 5.74) is -2.27. The second-order valence-corrected chi connectivity index (χ2v) is 5.56. The lowest BCUT2D eigenvalue weighted by molar-refractivity contribution is -0.138. The molecule has 126 valence electrons. The molecule has 0 aromatic heterocycles. The summed E-state index contributed by atoms with van der Waals surface area (Å²) in [7, 11) is 0. The van der Waals surface area contributed by atoms with Crippen LogP contribution in [0.25, 0.3) is 0 Å². The van der Waals surface area contributed by atoms with E-state index in [-0.39, 0.29) is 24.9 Å². The summed E-state index contributed by atoms with van der Waals surface area (Å²) >= 11 is 0. The van der Waals surface area contributed by atoms with Gasteiger partial charge < -0.3 is 10.4 Å². The number of hydrogen-bond donors (Lipinski definition) is 2. The van der Waals surface area contributed by atoms with E-state index in [1.807, 2.05) is 0 Å². The first-order chi connectivity index (χ1) is 10.6. The van der Waals surface area contributed by atoms with Crippen molar-refractivity contribution in [3.05, 3.63) is 35.1 Å². The fourth-order valence-corrected chi connectivity index (χ4v) is 2.41. The van der Waals surface area contributed by atoms with Crippen molar-refractivity contribution in [1.29, 1.82) is 0 Å². The van der Waals surface area contributed by atoms with Gasteiger partial charge in [0.2, 0.25) is 5.91 Å². The monoisotopic (exact) mass is 333 g/mol. The van der Waals surface area contributed by atoms with Crippen LogP contribution in [0.5, 0.6) is 0 Å². The van der Waals surface area contributed by atoms with E-state index in [0.717, 1.165) is 12.1 Å². The third kappa shape index (κ3) is 4.00. The van der Waals surface area contributed by atoms with Gasteiger partial charge in [0.25, 0.3) is 0 Å². The fourth-order valence-electron chi connectivity index (χ4n) is 2.41. The largest absolute Gasteiger partial charge is 0.481 e. The van der Waals surface area contributed by atoms with Crippen molar-refractivity contribution < 1.29 is 32.3 Å². The van der Waals surface area contributed by atoms with E-state index in [1.165, 1.54) is 0 Å². The number of alkyl halides is 3. The maximum atomic E-state index is 13.5. The minimum atomic E-state index is -4.69. The van der Waals surface area contributed by atoms with E-state index in [4.69, 9.17) is 5.11 Å². The molecule has 0 unspecified atom stereocenters. The third-order valence-electron chi connectivity index (χ3n) is 3.82. The lowest BCUT2D eigenvalue weighted by Gasteiger charge is -2.17. The molecule has 0 radical (unpaired) electrons. The Bertz CT molecular complexity index is 624. The van der Waals surface area contributed by atoms with E-state index in [9.17, 15) is 27.2 Å². The molecule has 0 saturated heterocycles. The number of carbonyl (C=O) groups is 2. The Labute approximate surface area is 129 Å². The average molecular weight is 333 g/mol. The van der Waals surface area contributed by atoms with Crippen LogP contribution in [0, 0.1) is 5.82 Å². The number of carboxylic acid groups (broad SMARTS) is 1. The quantitative estimate of drug-likeness (QED) is 0.621. The molecule has 23 heavy (non-hydrogen) atoms. The minimum absolute atomic E-state index is 0.000518. The summed E-state index contributed by atoms with van der Waals surface area (Å²) in [6.07, 6.45) is -3.93. The Kier molecular flexibility index (Phi) is 4.63. The second kappa shape index (κ2) is 6.17. The highest BCUT2D eigenvalue weighted by Crippen LogP contribution is 2.49. The van der Waals surface area contributed by atoms with Crippen LogP contribution in [0.1, 0.15) is 36.8 Å². The van der Waals surface area contributed by atoms with Gasteiger partial charge in [-0.3, -0.25) is 9.59 Å². The van der Waals surface area contributed by atoms with Crippen LogP contribution in [0.3, 0.4) is 0 Å². The normalized spacial score (nSPS) is 16.0. The first kappa shape index (κ1) is 17.2. The summed E-state index contributed by atoms with van der Waals surface area (Å²) in [4.78, 5) is 22.6. The molecule has 0 aliphatic heterocycles. The van der Waals surface area contributed by atoms with E-state index < -0.39 is 34.8 Å². The lowest BCUT2D eigenvalue weighted by atomic mass is 9.93. The highest BCUT2D eigenvalue weighted by atomic mass is 19.4. The van der Waals surface area contributed by atoms with E-state index in [1.54, 1.807) is 0 Å². The van der Waals surface area contributed by atoms with Gasteiger partial charge in [0.1, 0.15) is 5.82 Å². The number of rotatable bonds is 6. The number of hydrogen-bond acceptors (Lipinski definition) is 2. The van der Waals surface area contributed by atoms with E-state index >= 15 is 0 Å². The van der Waals surface area contributed by atoms with Gasteiger partial charge in [0, 0.05) is 13.0 Å². The molecule has 1 aliphatic carbocycles. The number of carboxylic acids is 1. The Balaban J connectivity index is 2.12.